The molecule has 0 radical (unpaired) electrons. The summed E-state index contributed by atoms with van der Waals surface area (Å²) in [6.07, 6.45) is -4.80. The number of halogens is 4. The fraction of sp³-hybridized carbons (Fsp3) is 0.412. The minimum Gasteiger partial charge on any atom is -0.506 e. The van der Waals surface area contributed by atoms with Crippen LogP contribution in [-0.4, -0.2) is 38.7 Å². The fourth-order valence-electron chi connectivity index (χ4n) is 2.43. The molecule has 2 heterocycles. The first kappa shape index (κ1) is 22.7. The first-order chi connectivity index (χ1) is 13.1. The van der Waals surface area contributed by atoms with Gasteiger partial charge in [-0.25, -0.2) is 4.98 Å². The number of hydrogen-bond donors (Lipinski definition) is 2. The van der Waals surface area contributed by atoms with Gasteiger partial charge in [0, 0.05) is 11.5 Å². The van der Waals surface area contributed by atoms with E-state index in [4.69, 9.17) is 4.74 Å². The van der Waals surface area contributed by atoms with Crippen molar-refractivity contribution in [3.05, 3.63) is 32.2 Å². The van der Waals surface area contributed by atoms with E-state index in [2.05, 4.69) is 26.2 Å². The number of nitrogens with one attached hydrogen (secondary N) is 1. The third kappa shape index (κ3) is 4.86. The molecule has 8 nitrogen and oxygen atoms in total. The van der Waals surface area contributed by atoms with E-state index in [1.165, 1.54) is 0 Å². The number of fused-ring (bicyclic) bond motifs is 1. The Hall–Kier alpha value is -2.63. The average molecular weight is 480 g/mol. The van der Waals surface area contributed by atoms with Crippen LogP contribution in [-0.2, 0) is 22.8 Å². The van der Waals surface area contributed by atoms with Crippen molar-refractivity contribution in [3.8, 4) is 5.75 Å². The molecule has 2 aromatic rings. The predicted molar refractivity (Wildman–Crippen MR) is 99.5 cm³/mol. The summed E-state index contributed by atoms with van der Waals surface area (Å²) in [4.78, 5) is 39.9. The molecule has 0 saturated carbocycles. The number of pyridine rings is 2. The number of amides is 1. The Kier molecular flexibility index (Phi) is 5.98. The zero-order valence-electron chi connectivity index (χ0n) is 15.8. The van der Waals surface area contributed by atoms with Gasteiger partial charge in [0.25, 0.3) is 11.5 Å². The van der Waals surface area contributed by atoms with E-state index in [9.17, 15) is 32.7 Å². The van der Waals surface area contributed by atoms with Crippen molar-refractivity contribution in [2.24, 2.45) is 7.05 Å². The maximum absolute atomic E-state index is 13.1. The van der Waals surface area contributed by atoms with Gasteiger partial charge in [-0.15, -0.1) is 0 Å². The van der Waals surface area contributed by atoms with Crippen LogP contribution in [0.25, 0.3) is 11.0 Å². The highest BCUT2D eigenvalue weighted by atomic mass is 79.9. The number of alkyl halides is 3. The van der Waals surface area contributed by atoms with Crippen molar-refractivity contribution in [2.45, 2.75) is 32.5 Å². The summed E-state index contributed by atoms with van der Waals surface area (Å²) in [5.74, 6) is -2.72. The fourth-order valence-corrected chi connectivity index (χ4v) is 2.97. The summed E-state index contributed by atoms with van der Waals surface area (Å²) >= 11 is 2.73. The van der Waals surface area contributed by atoms with Gasteiger partial charge < -0.3 is 15.2 Å². The molecule has 2 aromatic heterocycles. The molecule has 2 rings (SSSR count). The Bertz CT molecular complexity index is 1060. The average Bonchev–Trinajstić information content (AvgIpc) is 2.55. The van der Waals surface area contributed by atoms with Gasteiger partial charge in [0.05, 0.1) is 5.39 Å². The second-order valence-corrected chi connectivity index (χ2v) is 7.90. The minimum absolute atomic E-state index is 0.255. The summed E-state index contributed by atoms with van der Waals surface area (Å²) < 4.78 is 44.4. The number of nitrogens with zero attached hydrogens (tertiary/aromatic N) is 2. The van der Waals surface area contributed by atoms with Crippen LogP contribution in [0.5, 0.6) is 5.75 Å². The van der Waals surface area contributed by atoms with E-state index in [1.807, 2.05) is 0 Å². The van der Waals surface area contributed by atoms with Crippen LogP contribution < -0.4 is 10.9 Å². The van der Waals surface area contributed by atoms with Gasteiger partial charge in [-0.05, 0) is 42.8 Å². The predicted octanol–water partition coefficient (Wildman–Crippen LogP) is 2.49. The second-order valence-electron chi connectivity index (χ2n) is 7.04. The zero-order valence-corrected chi connectivity index (χ0v) is 17.4. The van der Waals surface area contributed by atoms with Gasteiger partial charge in [0.15, 0.2) is 5.69 Å². The lowest BCUT2D eigenvalue weighted by molar-refractivity contribution is -0.153. The van der Waals surface area contributed by atoms with Crippen molar-refractivity contribution in [2.75, 3.05) is 6.54 Å². The lowest BCUT2D eigenvalue weighted by Gasteiger charge is -2.19. The van der Waals surface area contributed by atoms with E-state index < -0.39 is 62.9 Å². The molecule has 0 aliphatic rings. The Balaban J connectivity index is 2.49. The molecule has 2 N–H and O–H groups in total. The molecule has 0 aromatic carbocycles. The van der Waals surface area contributed by atoms with E-state index >= 15 is 0 Å². The molecule has 1 amide bonds. The lowest BCUT2D eigenvalue weighted by Crippen LogP contribution is -2.37. The number of aromatic hydroxyl groups is 1. The number of rotatable bonds is 3. The quantitative estimate of drug-likeness (QED) is 0.654. The molecule has 0 aliphatic carbocycles. The minimum atomic E-state index is -4.80. The van der Waals surface area contributed by atoms with Gasteiger partial charge >= 0.3 is 12.1 Å². The Morgan fingerprint density at radius 3 is 2.41 bits per heavy atom. The van der Waals surface area contributed by atoms with Crippen molar-refractivity contribution in [1.82, 2.24) is 14.9 Å². The Morgan fingerprint density at radius 1 is 1.31 bits per heavy atom. The van der Waals surface area contributed by atoms with Crippen LogP contribution in [0.2, 0.25) is 0 Å². The molecule has 0 atom stereocenters. The molecule has 12 heteroatoms. The third-order valence-corrected chi connectivity index (χ3v) is 4.20. The summed E-state index contributed by atoms with van der Waals surface area (Å²) in [5.41, 5.74) is -4.37. The monoisotopic (exact) mass is 479 g/mol. The normalized spacial score (nSPS) is 12.1. The second kappa shape index (κ2) is 7.65. The molecular weight excluding hydrogens is 463 g/mol. The third-order valence-electron chi connectivity index (χ3n) is 3.59. The van der Waals surface area contributed by atoms with E-state index in [0.717, 1.165) is 13.1 Å². The number of esters is 1. The van der Waals surface area contributed by atoms with Gasteiger partial charge in [0.2, 0.25) is 0 Å². The number of aryl methyl sites for hydroxylation is 1. The van der Waals surface area contributed by atoms with Gasteiger partial charge in [-0.1, -0.05) is 0 Å². The standard InChI is InChI=1S/C17H17BrF3N3O5/c1-16(2,3)29-9(25)6-22-14(27)10-11(26)7-5-8(18)12(17(19,20)21)23-13(7)24(4)15(10)28/h5,26H,6H2,1-4H3,(H,22,27). The summed E-state index contributed by atoms with van der Waals surface area (Å²) in [6.45, 7) is 4.29. The zero-order chi connectivity index (χ0) is 22.3. The first-order valence-corrected chi connectivity index (χ1v) is 8.92. The highest BCUT2D eigenvalue weighted by Crippen LogP contribution is 2.37. The van der Waals surface area contributed by atoms with Crippen LogP contribution in [0.15, 0.2) is 15.3 Å². The van der Waals surface area contributed by atoms with Crippen LogP contribution in [0.4, 0.5) is 13.2 Å². The highest BCUT2D eigenvalue weighted by Gasteiger charge is 2.36. The van der Waals surface area contributed by atoms with Gasteiger partial charge in [0.1, 0.15) is 29.1 Å². The van der Waals surface area contributed by atoms with E-state index in [-0.39, 0.29) is 5.39 Å². The van der Waals surface area contributed by atoms with Crippen LogP contribution in [0.1, 0.15) is 36.8 Å². The summed E-state index contributed by atoms with van der Waals surface area (Å²) in [7, 11) is 1.11. The topological polar surface area (TPSA) is 111 Å². The van der Waals surface area contributed by atoms with E-state index in [0.29, 0.717) is 4.57 Å². The number of carbonyl (C=O) groups is 2. The smallest absolute Gasteiger partial charge is 0.434 e. The van der Waals surface area contributed by atoms with Crippen LogP contribution in [0, 0.1) is 0 Å². The van der Waals surface area contributed by atoms with Crippen LogP contribution in [0.3, 0.4) is 0 Å². The van der Waals surface area contributed by atoms with Gasteiger partial charge in [-0.3, -0.25) is 19.0 Å². The lowest BCUT2D eigenvalue weighted by atomic mass is 10.1. The number of ether oxygens (including phenoxy) is 1. The van der Waals surface area contributed by atoms with Crippen molar-refractivity contribution in [1.29, 1.82) is 0 Å². The molecule has 29 heavy (non-hydrogen) atoms. The van der Waals surface area contributed by atoms with Crippen LogP contribution >= 0.6 is 15.9 Å². The number of hydrogen-bond acceptors (Lipinski definition) is 6. The molecular formula is C17H17BrF3N3O5. The van der Waals surface area contributed by atoms with Crippen molar-refractivity contribution >= 4 is 38.8 Å². The molecule has 0 fully saturated rings. The summed E-state index contributed by atoms with van der Waals surface area (Å²) in [6, 6.07) is 0.907. The largest absolute Gasteiger partial charge is 0.506 e. The maximum Gasteiger partial charge on any atom is 0.434 e. The molecule has 0 spiro atoms. The molecule has 158 valence electrons. The van der Waals surface area contributed by atoms with Crippen molar-refractivity contribution < 1.29 is 32.6 Å². The molecule has 0 bridgehead atoms. The van der Waals surface area contributed by atoms with E-state index in [1.54, 1.807) is 20.8 Å². The number of carbonyl (C=O) groups excluding carboxylic acids is 2. The van der Waals surface area contributed by atoms with Gasteiger partial charge in [-0.2, -0.15) is 13.2 Å². The van der Waals surface area contributed by atoms with Crippen molar-refractivity contribution in [3.63, 3.8) is 0 Å². The summed E-state index contributed by atoms with van der Waals surface area (Å²) in [5, 5.41) is 12.3. The molecule has 0 saturated heterocycles. The molecule has 0 unspecified atom stereocenters. The highest BCUT2D eigenvalue weighted by molar-refractivity contribution is 9.10. The number of aromatic nitrogens is 2. The Labute approximate surface area is 170 Å². The SMILES string of the molecule is Cn1c(=O)c(C(=O)NCC(=O)OC(C)(C)C)c(O)c2cc(Br)c(C(F)(F)F)nc21. The first-order valence-electron chi connectivity index (χ1n) is 8.13. The molecule has 0 aliphatic heterocycles. The maximum atomic E-state index is 13.1. The Morgan fingerprint density at radius 2 is 1.90 bits per heavy atom.